The van der Waals surface area contributed by atoms with E-state index in [4.69, 9.17) is 14.2 Å². The third kappa shape index (κ3) is 5.03. The molecule has 33 heavy (non-hydrogen) atoms. The number of aliphatic hydroxyl groups is 1. The summed E-state index contributed by atoms with van der Waals surface area (Å²) in [5.74, 6) is -2.28. The third-order valence-corrected chi connectivity index (χ3v) is 6.54. The topological polar surface area (TPSA) is 131 Å². The van der Waals surface area contributed by atoms with Gasteiger partial charge >= 0.3 is 18.0 Å². The molecule has 3 atom stereocenters. The van der Waals surface area contributed by atoms with Gasteiger partial charge in [-0.1, -0.05) is 0 Å². The van der Waals surface area contributed by atoms with Gasteiger partial charge in [0.2, 0.25) is 12.7 Å². The van der Waals surface area contributed by atoms with E-state index in [-0.39, 0.29) is 24.3 Å². The van der Waals surface area contributed by atoms with Gasteiger partial charge in [0.1, 0.15) is 12.3 Å². The Hall–Kier alpha value is -2.92. The summed E-state index contributed by atoms with van der Waals surface area (Å²) < 4.78 is 15.2. The summed E-state index contributed by atoms with van der Waals surface area (Å²) in [6, 6.07) is 3.19. The maximum Gasteiger partial charge on any atom is 0.407 e. The summed E-state index contributed by atoms with van der Waals surface area (Å²) in [7, 11) is 1.46. The summed E-state index contributed by atoms with van der Waals surface area (Å²) in [6.45, 7) is 6.06. The molecule has 2 N–H and O–H groups in total. The van der Waals surface area contributed by atoms with Gasteiger partial charge < -0.3 is 29.5 Å². The average molecular weight is 481 g/mol. The highest BCUT2D eigenvalue weighted by atomic mass is 32.1. The second-order valence-electron chi connectivity index (χ2n) is 8.90. The van der Waals surface area contributed by atoms with E-state index in [1.54, 1.807) is 39.8 Å². The van der Waals surface area contributed by atoms with Crippen molar-refractivity contribution in [1.82, 2.24) is 10.2 Å². The largest absolute Gasteiger partial charge is 0.444 e. The molecule has 10 nitrogen and oxygen atoms in total. The van der Waals surface area contributed by atoms with Crippen LogP contribution in [0.1, 0.15) is 43.9 Å². The van der Waals surface area contributed by atoms with Crippen molar-refractivity contribution in [3.63, 3.8) is 0 Å². The lowest BCUT2D eigenvalue weighted by atomic mass is 9.83. The zero-order chi connectivity index (χ0) is 24.5. The molecule has 11 heteroatoms. The van der Waals surface area contributed by atoms with E-state index in [1.165, 1.54) is 23.3 Å². The van der Waals surface area contributed by atoms with Gasteiger partial charge in [-0.3, -0.25) is 9.59 Å². The number of hydrogen-bond acceptors (Lipinski definition) is 9. The number of thiophene rings is 1. The smallest absolute Gasteiger partial charge is 0.407 e. The second-order valence-corrected chi connectivity index (χ2v) is 10.1. The van der Waals surface area contributed by atoms with Gasteiger partial charge in [0.05, 0.1) is 23.5 Å². The number of aliphatic hydroxyl groups excluding tert-OH is 1. The van der Waals surface area contributed by atoms with E-state index in [9.17, 15) is 24.3 Å². The number of fused-ring (bicyclic) bond motifs is 1. The minimum atomic E-state index is -0.858. The Bertz CT molecular complexity index is 991. The Balaban J connectivity index is 1.81. The molecular formula is C22H28N2O8S. The normalized spacial score (nSPS) is 20.7. The van der Waals surface area contributed by atoms with E-state index in [2.05, 4.69) is 5.32 Å². The fourth-order valence-corrected chi connectivity index (χ4v) is 4.70. The van der Waals surface area contributed by atoms with Crippen LogP contribution in [0.15, 0.2) is 17.8 Å². The zero-order valence-electron chi connectivity index (χ0n) is 19.2. The number of rotatable bonds is 7. The number of alkyl carbamates (subject to hydrolysis) is 1. The predicted molar refractivity (Wildman–Crippen MR) is 117 cm³/mol. The molecule has 1 aromatic heterocycles. The Labute approximate surface area is 195 Å². The number of esters is 2. The van der Waals surface area contributed by atoms with E-state index in [0.29, 0.717) is 12.0 Å². The minimum absolute atomic E-state index is 0.0581. The van der Waals surface area contributed by atoms with Crippen molar-refractivity contribution in [2.45, 2.75) is 52.9 Å². The molecule has 1 saturated heterocycles. The first-order valence-corrected chi connectivity index (χ1v) is 11.3. The molecule has 0 spiro atoms. The molecule has 2 aliphatic rings. The van der Waals surface area contributed by atoms with Crippen LogP contribution in [-0.4, -0.2) is 59.9 Å². The first kappa shape index (κ1) is 24.7. The van der Waals surface area contributed by atoms with Gasteiger partial charge in [-0.2, -0.15) is 0 Å². The molecule has 2 amide bonds. The van der Waals surface area contributed by atoms with Crippen LogP contribution in [0, 0.1) is 11.3 Å². The van der Waals surface area contributed by atoms with Crippen molar-refractivity contribution < 1.29 is 38.5 Å². The van der Waals surface area contributed by atoms with Gasteiger partial charge in [-0.15, -0.1) is 11.3 Å². The molecule has 0 bridgehead atoms. The van der Waals surface area contributed by atoms with Crippen molar-refractivity contribution in [2.24, 2.45) is 11.3 Å². The number of nitrogens with zero attached hydrogens (tertiary/aromatic N) is 1. The lowest BCUT2D eigenvalue weighted by Gasteiger charge is -2.44. The van der Waals surface area contributed by atoms with Crippen molar-refractivity contribution in [3.05, 3.63) is 27.6 Å². The van der Waals surface area contributed by atoms with Crippen LogP contribution in [-0.2, 0) is 35.2 Å². The summed E-state index contributed by atoms with van der Waals surface area (Å²) in [5.41, 5.74) is -0.0775. The number of amides is 2. The maximum atomic E-state index is 12.9. The zero-order valence-corrected chi connectivity index (χ0v) is 20.0. The molecule has 0 radical (unpaired) electrons. The Morgan fingerprint density at radius 3 is 2.55 bits per heavy atom. The van der Waals surface area contributed by atoms with Gasteiger partial charge in [0.15, 0.2) is 0 Å². The van der Waals surface area contributed by atoms with E-state index in [0.717, 1.165) is 9.75 Å². The lowest BCUT2D eigenvalue weighted by Crippen LogP contribution is -2.61. The summed E-state index contributed by atoms with van der Waals surface area (Å²) in [5, 5.41) is 12.4. The van der Waals surface area contributed by atoms with Crippen LogP contribution in [0.2, 0.25) is 0 Å². The first-order valence-electron chi connectivity index (χ1n) is 10.5. The average Bonchev–Trinajstić information content (AvgIpc) is 3.33. The van der Waals surface area contributed by atoms with Crippen LogP contribution in [0.5, 0.6) is 0 Å². The summed E-state index contributed by atoms with van der Waals surface area (Å²) >= 11 is 1.32. The van der Waals surface area contributed by atoms with Crippen molar-refractivity contribution in [3.8, 4) is 0 Å². The van der Waals surface area contributed by atoms with E-state index < -0.39 is 42.3 Å². The molecule has 0 unspecified atom stereocenters. The van der Waals surface area contributed by atoms with Crippen LogP contribution in [0.3, 0.4) is 0 Å². The molecule has 3 rings (SSSR count). The van der Waals surface area contributed by atoms with E-state index in [1.807, 2.05) is 0 Å². The molecule has 3 heterocycles. The Morgan fingerprint density at radius 1 is 1.24 bits per heavy atom. The SMILES string of the molecule is CNC(=O)OCc1ccc(C2=C(C(=O)OCOC(=O)C(C)(C)C)N3C(=O)[C@H]([C@@H](C)O)[C@H]3C2)s1. The van der Waals surface area contributed by atoms with Gasteiger partial charge in [0, 0.05) is 22.4 Å². The Kier molecular flexibility index (Phi) is 7.13. The molecule has 0 saturated carbocycles. The molecule has 0 aliphatic carbocycles. The quantitative estimate of drug-likeness (QED) is 0.344. The molecular weight excluding hydrogens is 452 g/mol. The van der Waals surface area contributed by atoms with Gasteiger partial charge in [-0.25, -0.2) is 9.59 Å². The number of hydrogen-bond donors (Lipinski definition) is 2. The first-order chi connectivity index (χ1) is 15.5. The Morgan fingerprint density at radius 2 is 1.94 bits per heavy atom. The molecule has 2 aliphatic heterocycles. The van der Waals surface area contributed by atoms with Crippen molar-refractivity contribution in [2.75, 3.05) is 13.8 Å². The van der Waals surface area contributed by atoms with Crippen LogP contribution in [0.4, 0.5) is 4.79 Å². The highest BCUT2D eigenvalue weighted by molar-refractivity contribution is 7.13. The second kappa shape index (κ2) is 9.52. The van der Waals surface area contributed by atoms with Gasteiger partial charge in [-0.05, 0) is 46.2 Å². The van der Waals surface area contributed by atoms with E-state index >= 15 is 0 Å². The highest BCUT2D eigenvalue weighted by Gasteiger charge is 2.57. The van der Waals surface area contributed by atoms with Crippen LogP contribution >= 0.6 is 11.3 Å². The number of nitrogens with one attached hydrogen (secondary N) is 1. The predicted octanol–water partition coefficient (Wildman–Crippen LogP) is 2.02. The van der Waals surface area contributed by atoms with Crippen LogP contribution in [0.25, 0.3) is 5.57 Å². The summed E-state index contributed by atoms with van der Waals surface area (Å²) in [6.07, 6.45) is -1.05. The molecule has 1 fully saturated rings. The fraction of sp³-hybridized carbons (Fsp3) is 0.545. The molecule has 180 valence electrons. The van der Waals surface area contributed by atoms with Crippen molar-refractivity contribution >= 4 is 40.8 Å². The minimum Gasteiger partial charge on any atom is -0.444 e. The van der Waals surface area contributed by atoms with Crippen molar-refractivity contribution in [1.29, 1.82) is 0 Å². The third-order valence-electron chi connectivity index (χ3n) is 5.42. The summed E-state index contributed by atoms with van der Waals surface area (Å²) in [4.78, 5) is 51.7. The van der Waals surface area contributed by atoms with Gasteiger partial charge in [0.25, 0.3) is 0 Å². The number of carbonyl (C=O) groups excluding carboxylic acids is 4. The standard InChI is InChI=1S/C22H28N2O8S/c1-11(25)16-14-8-13(15-7-6-12(33-15)9-30-21(29)23-5)17(24(14)18(16)26)19(27)31-10-32-20(28)22(2,3)4/h6-7,11,14,16,25H,8-10H2,1-5H3,(H,23,29)/t11-,14-,16-/m1/s1. The fourth-order valence-electron chi connectivity index (χ4n) is 3.73. The monoisotopic (exact) mass is 480 g/mol. The lowest BCUT2D eigenvalue weighted by molar-refractivity contribution is -0.175. The number of β-lactam (4-membered cyclic amide) rings is 1. The highest BCUT2D eigenvalue weighted by Crippen LogP contribution is 2.48. The number of carbonyl (C=O) groups is 4. The molecule has 1 aromatic rings. The van der Waals surface area contributed by atoms with Crippen LogP contribution < -0.4 is 5.32 Å². The maximum absolute atomic E-state index is 12.9. The number of ether oxygens (including phenoxy) is 3. The molecule has 0 aromatic carbocycles.